The number of nitrogens with two attached hydrogens (primary N) is 1. The second-order valence-electron chi connectivity index (χ2n) is 3.27. The number of carbonyl (C=O) groups excluding carboxylic acids is 1. The Morgan fingerprint density at radius 2 is 1.85 bits per heavy atom. The van der Waals surface area contributed by atoms with Gasteiger partial charge in [0.05, 0.1) is 5.54 Å². The van der Waals surface area contributed by atoms with Gasteiger partial charge in [-0.1, -0.05) is 20.8 Å². The van der Waals surface area contributed by atoms with Gasteiger partial charge in [-0.2, -0.15) is 0 Å². The van der Waals surface area contributed by atoms with Crippen LogP contribution in [0.2, 0.25) is 0 Å². The van der Waals surface area contributed by atoms with Crippen molar-refractivity contribution in [2.75, 3.05) is 13.1 Å². The molecule has 0 aromatic heterocycles. The Balaban J connectivity index is 4.68. The molecular formula is C9H21N3O. The largest absolute Gasteiger partial charge is 0.293 e. The van der Waals surface area contributed by atoms with Crippen molar-refractivity contribution in [2.24, 2.45) is 5.84 Å². The first-order valence-corrected chi connectivity index (χ1v) is 4.82. The standard InChI is InChI=1S/C9H21N3O/c1-5-9(4,8(13)11-10)12(6-2)7-3/h5-7,10H2,1-4H3,(H,11,13)/t9-/m0/s1. The first kappa shape index (κ1) is 12.4. The van der Waals surface area contributed by atoms with Gasteiger partial charge in [0.1, 0.15) is 0 Å². The summed E-state index contributed by atoms with van der Waals surface area (Å²) in [5.74, 6) is 5.04. The lowest BCUT2D eigenvalue weighted by Crippen LogP contribution is -2.57. The number of nitrogens with zero attached hydrogens (tertiary/aromatic N) is 1. The Morgan fingerprint density at radius 3 is 2.08 bits per heavy atom. The molecule has 0 fully saturated rings. The molecule has 4 heteroatoms. The molecule has 1 amide bonds. The third kappa shape index (κ3) is 2.42. The molecule has 0 rings (SSSR count). The maximum atomic E-state index is 11.5. The Morgan fingerprint density at radius 1 is 1.38 bits per heavy atom. The first-order valence-electron chi connectivity index (χ1n) is 4.82. The fourth-order valence-corrected chi connectivity index (χ4v) is 1.60. The average molecular weight is 187 g/mol. The van der Waals surface area contributed by atoms with E-state index in [1.165, 1.54) is 0 Å². The van der Waals surface area contributed by atoms with Crippen LogP contribution in [-0.2, 0) is 4.79 Å². The van der Waals surface area contributed by atoms with Crippen LogP contribution in [0.15, 0.2) is 0 Å². The summed E-state index contributed by atoms with van der Waals surface area (Å²) in [6.45, 7) is 9.71. The molecule has 0 aliphatic rings. The number of hydrazine groups is 1. The Hall–Kier alpha value is -0.610. The van der Waals surface area contributed by atoms with Gasteiger partial charge in [-0.25, -0.2) is 5.84 Å². The zero-order valence-electron chi connectivity index (χ0n) is 9.05. The van der Waals surface area contributed by atoms with E-state index in [4.69, 9.17) is 5.84 Å². The molecule has 0 aliphatic heterocycles. The van der Waals surface area contributed by atoms with E-state index in [0.29, 0.717) is 0 Å². The number of hydrogen-bond donors (Lipinski definition) is 2. The first-order chi connectivity index (χ1) is 6.06. The summed E-state index contributed by atoms with van der Waals surface area (Å²) < 4.78 is 0. The number of nitrogens with one attached hydrogen (secondary N) is 1. The molecule has 4 nitrogen and oxygen atoms in total. The summed E-state index contributed by atoms with van der Waals surface area (Å²) >= 11 is 0. The highest BCUT2D eigenvalue weighted by Gasteiger charge is 2.35. The molecule has 0 aliphatic carbocycles. The Kier molecular flexibility index (Phi) is 4.95. The van der Waals surface area contributed by atoms with Gasteiger partial charge >= 0.3 is 0 Å². The van der Waals surface area contributed by atoms with E-state index >= 15 is 0 Å². The summed E-state index contributed by atoms with van der Waals surface area (Å²) in [6.07, 6.45) is 0.762. The van der Waals surface area contributed by atoms with Crippen LogP contribution in [0, 0.1) is 0 Å². The lowest BCUT2D eigenvalue weighted by Gasteiger charge is -2.37. The normalized spacial score (nSPS) is 15.5. The summed E-state index contributed by atoms with van der Waals surface area (Å²) in [5, 5.41) is 0. The highest BCUT2D eigenvalue weighted by atomic mass is 16.2. The monoisotopic (exact) mass is 187 g/mol. The van der Waals surface area contributed by atoms with Crippen LogP contribution in [-0.4, -0.2) is 29.4 Å². The summed E-state index contributed by atoms with van der Waals surface area (Å²) in [6, 6.07) is 0. The molecule has 0 spiro atoms. The lowest BCUT2D eigenvalue weighted by molar-refractivity contribution is -0.132. The average Bonchev–Trinajstić information content (AvgIpc) is 2.17. The molecule has 0 unspecified atom stereocenters. The fourth-order valence-electron chi connectivity index (χ4n) is 1.60. The zero-order valence-corrected chi connectivity index (χ0v) is 9.05. The third-order valence-electron chi connectivity index (χ3n) is 2.77. The van der Waals surface area contributed by atoms with E-state index in [1.807, 2.05) is 27.7 Å². The molecule has 78 valence electrons. The van der Waals surface area contributed by atoms with Crippen molar-refractivity contribution in [3.05, 3.63) is 0 Å². The smallest absolute Gasteiger partial charge is 0.254 e. The molecule has 0 bridgehead atoms. The molecule has 0 heterocycles. The molecule has 0 aromatic carbocycles. The summed E-state index contributed by atoms with van der Waals surface area (Å²) in [5.41, 5.74) is 1.75. The number of hydrogen-bond acceptors (Lipinski definition) is 3. The number of rotatable bonds is 5. The quantitative estimate of drug-likeness (QED) is 0.374. The number of likely N-dealkylation sites (N-methyl/N-ethyl adjacent to an activating group) is 1. The van der Waals surface area contributed by atoms with E-state index < -0.39 is 5.54 Å². The third-order valence-corrected chi connectivity index (χ3v) is 2.77. The van der Waals surface area contributed by atoms with E-state index in [-0.39, 0.29) is 5.91 Å². The minimum absolute atomic E-state index is 0.112. The molecular weight excluding hydrogens is 166 g/mol. The van der Waals surface area contributed by atoms with Gasteiger partial charge in [-0.15, -0.1) is 0 Å². The van der Waals surface area contributed by atoms with E-state index in [1.54, 1.807) is 0 Å². The van der Waals surface area contributed by atoms with Gasteiger partial charge in [0.25, 0.3) is 5.91 Å². The van der Waals surface area contributed by atoms with Crippen molar-refractivity contribution in [2.45, 2.75) is 39.7 Å². The van der Waals surface area contributed by atoms with Crippen LogP contribution in [0.25, 0.3) is 0 Å². The Bertz CT molecular complexity index is 168. The van der Waals surface area contributed by atoms with Gasteiger partial charge in [0.2, 0.25) is 0 Å². The second-order valence-corrected chi connectivity index (χ2v) is 3.27. The number of amides is 1. The summed E-state index contributed by atoms with van der Waals surface area (Å²) in [4.78, 5) is 13.7. The van der Waals surface area contributed by atoms with Crippen LogP contribution < -0.4 is 11.3 Å². The molecule has 0 radical (unpaired) electrons. The minimum Gasteiger partial charge on any atom is -0.293 e. The van der Waals surface area contributed by atoms with Gasteiger partial charge < -0.3 is 0 Å². The van der Waals surface area contributed by atoms with Crippen molar-refractivity contribution in [1.82, 2.24) is 10.3 Å². The predicted octanol–water partition coefficient (Wildman–Crippen LogP) is 0.487. The minimum atomic E-state index is -0.474. The van der Waals surface area contributed by atoms with Crippen molar-refractivity contribution in [1.29, 1.82) is 0 Å². The maximum absolute atomic E-state index is 11.5. The van der Waals surface area contributed by atoms with Gasteiger partial charge in [-0.3, -0.25) is 15.1 Å². The predicted molar refractivity (Wildman–Crippen MR) is 53.9 cm³/mol. The molecule has 13 heavy (non-hydrogen) atoms. The van der Waals surface area contributed by atoms with Crippen molar-refractivity contribution < 1.29 is 4.79 Å². The molecule has 0 aromatic rings. The van der Waals surface area contributed by atoms with Crippen molar-refractivity contribution in [3.63, 3.8) is 0 Å². The number of carbonyl (C=O) groups is 1. The van der Waals surface area contributed by atoms with Crippen molar-refractivity contribution in [3.8, 4) is 0 Å². The van der Waals surface area contributed by atoms with Crippen LogP contribution in [0.4, 0.5) is 0 Å². The van der Waals surface area contributed by atoms with E-state index in [0.717, 1.165) is 19.5 Å². The lowest BCUT2D eigenvalue weighted by atomic mass is 9.95. The van der Waals surface area contributed by atoms with Gasteiger partial charge in [-0.05, 0) is 26.4 Å². The topological polar surface area (TPSA) is 58.4 Å². The van der Waals surface area contributed by atoms with Crippen LogP contribution >= 0.6 is 0 Å². The van der Waals surface area contributed by atoms with E-state index in [9.17, 15) is 4.79 Å². The van der Waals surface area contributed by atoms with Crippen LogP contribution in [0.3, 0.4) is 0 Å². The molecule has 0 saturated carbocycles. The highest BCUT2D eigenvalue weighted by molar-refractivity contribution is 5.85. The highest BCUT2D eigenvalue weighted by Crippen LogP contribution is 2.18. The van der Waals surface area contributed by atoms with Crippen molar-refractivity contribution >= 4 is 5.91 Å². The van der Waals surface area contributed by atoms with Crippen LogP contribution in [0.5, 0.6) is 0 Å². The van der Waals surface area contributed by atoms with Gasteiger partial charge in [0, 0.05) is 0 Å². The summed E-state index contributed by atoms with van der Waals surface area (Å²) in [7, 11) is 0. The second kappa shape index (κ2) is 5.19. The Labute approximate surface area is 80.4 Å². The molecule has 1 atom stereocenters. The van der Waals surface area contributed by atoms with E-state index in [2.05, 4.69) is 10.3 Å². The van der Waals surface area contributed by atoms with Gasteiger partial charge in [0.15, 0.2) is 0 Å². The van der Waals surface area contributed by atoms with Crippen LogP contribution in [0.1, 0.15) is 34.1 Å². The molecule has 3 N–H and O–H groups in total. The maximum Gasteiger partial charge on any atom is 0.254 e. The fraction of sp³-hybridized carbons (Fsp3) is 0.889. The zero-order chi connectivity index (χ0) is 10.5. The molecule has 0 saturated heterocycles. The SMILES string of the molecule is CCN(CC)[C@@](C)(CC)C(=O)NN.